The number of allylic oxidation sites excluding steroid dienone is 1. The molecule has 0 bridgehead atoms. The van der Waals surface area contributed by atoms with E-state index in [4.69, 9.17) is 21.1 Å². The van der Waals surface area contributed by atoms with Crippen LogP contribution < -0.4 is 14.4 Å². The minimum absolute atomic E-state index is 0.0157. The number of aldehydes is 2. The molecular formula is C43H65ClN4O6S. The molecule has 2 aromatic carbocycles. The quantitative estimate of drug-likeness (QED) is 0.135. The number of rotatable bonds is 18. The van der Waals surface area contributed by atoms with E-state index in [9.17, 15) is 13.8 Å². The number of halogens is 1. The highest BCUT2D eigenvalue weighted by molar-refractivity contribution is 7.83. The molecule has 55 heavy (non-hydrogen) atoms. The average Bonchev–Trinajstić information content (AvgIpc) is 3.36. The molecule has 2 fully saturated rings. The molecular weight excluding hydrogens is 736 g/mol. The SMILES string of the molecule is CCCc1cc(Cl)ccc1C1COc2ccc(C=O)cc2N(CC2CCC2C(/C=C/CC(C)C(C)S(=O)NC)(CN2CCN(CC=O)CC2)OC)C1.COC. The summed E-state index contributed by atoms with van der Waals surface area (Å²) in [6, 6.07) is 12.0. The van der Waals surface area contributed by atoms with E-state index in [2.05, 4.69) is 62.3 Å². The Morgan fingerprint density at radius 2 is 1.78 bits per heavy atom. The number of carbonyl (C=O) groups is 2. The molecule has 0 spiro atoms. The van der Waals surface area contributed by atoms with Crippen molar-refractivity contribution in [2.45, 2.75) is 69.6 Å². The lowest BCUT2D eigenvalue weighted by Crippen LogP contribution is -2.58. The summed E-state index contributed by atoms with van der Waals surface area (Å²) < 4.78 is 32.8. The molecule has 12 heteroatoms. The molecule has 2 aliphatic heterocycles. The fourth-order valence-corrected chi connectivity index (χ4v) is 9.45. The number of fused-ring (bicyclic) bond motifs is 1. The van der Waals surface area contributed by atoms with Gasteiger partial charge in [0, 0.05) is 88.9 Å². The summed E-state index contributed by atoms with van der Waals surface area (Å²) in [5, 5.41) is 0.769. The summed E-state index contributed by atoms with van der Waals surface area (Å²) in [5.41, 5.74) is 3.63. The zero-order valence-electron chi connectivity index (χ0n) is 34.1. The fourth-order valence-electron chi connectivity index (χ4n) is 8.35. The van der Waals surface area contributed by atoms with Gasteiger partial charge in [0.15, 0.2) is 0 Å². The van der Waals surface area contributed by atoms with Gasteiger partial charge >= 0.3 is 0 Å². The summed E-state index contributed by atoms with van der Waals surface area (Å²) >= 11 is 6.48. The van der Waals surface area contributed by atoms with Crippen LogP contribution in [-0.2, 0) is 31.7 Å². The summed E-state index contributed by atoms with van der Waals surface area (Å²) in [7, 11) is 5.75. The Bertz CT molecular complexity index is 1570. The number of carbonyl (C=O) groups excluding carboxylic acids is 2. The van der Waals surface area contributed by atoms with Gasteiger partial charge < -0.3 is 23.9 Å². The van der Waals surface area contributed by atoms with Gasteiger partial charge in [-0.15, -0.1) is 0 Å². The Morgan fingerprint density at radius 3 is 2.40 bits per heavy atom. The van der Waals surface area contributed by atoms with E-state index in [-0.39, 0.29) is 23.0 Å². The van der Waals surface area contributed by atoms with Gasteiger partial charge in [-0.05, 0) is 98.9 Å². The summed E-state index contributed by atoms with van der Waals surface area (Å²) in [6.07, 6.45) is 11.4. The van der Waals surface area contributed by atoms with Crippen molar-refractivity contribution in [1.29, 1.82) is 0 Å². The van der Waals surface area contributed by atoms with Crippen molar-refractivity contribution in [2.24, 2.45) is 17.8 Å². The number of benzene rings is 2. The molecule has 7 atom stereocenters. The monoisotopic (exact) mass is 800 g/mol. The largest absolute Gasteiger partial charge is 0.491 e. The maximum atomic E-state index is 12.5. The van der Waals surface area contributed by atoms with Crippen molar-refractivity contribution < 1.29 is 28.0 Å². The van der Waals surface area contributed by atoms with Crippen LogP contribution in [0.3, 0.4) is 0 Å². The van der Waals surface area contributed by atoms with Crippen LogP contribution in [0.5, 0.6) is 5.75 Å². The van der Waals surface area contributed by atoms with Crippen molar-refractivity contribution in [3.8, 4) is 5.75 Å². The molecule has 5 rings (SSSR count). The van der Waals surface area contributed by atoms with Crippen molar-refractivity contribution in [1.82, 2.24) is 14.5 Å². The van der Waals surface area contributed by atoms with E-state index in [1.807, 2.05) is 38.3 Å². The normalized spacial score (nSPS) is 23.2. The van der Waals surface area contributed by atoms with E-state index in [1.165, 1.54) is 11.1 Å². The van der Waals surface area contributed by atoms with Crippen LogP contribution in [0.1, 0.15) is 73.9 Å². The Balaban J connectivity index is 0.00000217. The summed E-state index contributed by atoms with van der Waals surface area (Å²) in [4.78, 5) is 30.3. The minimum Gasteiger partial charge on any atom is -0.491 e. The third kappa shape index (κ3) is 11.9. The molecule has 3 aliphatic rings. The zero-order valence-corrected chi connectivity index (χ0v) is 35.7. The second-order valence-electron chi connectivity index (χ2n) is 15.4. The van der Waals surface area contributed by atoms with Gasteiger partial charge in [-0.2, -0.15) is 0 Å². The number of nitrogens with zero attached hydrogens (tertiary/aromatic N) is 3. The van der Waals surface area contributed by atoms with Gasteiger partial charge in [0.25, 0.3) is 0 Å². The number of nitrogens with one attached hydrogen (secondary N) is 1. The number of hydrogen-bond acceptors (Lipinski definition) is 9. The minimum atomic E-state index is -1.09. The van der Waals surface area contributed by atoms with Crippen LogP contribution >= 0.6 is 11.6 Å². The Hall–Kier alpha value is -2.64. The molecule has 7 unspecified atom stereocenters. The standard InChI is InChI=1S/C41H59ClN4O5S.C2H6O/c1-6-8-33-24-36(42)12-13-37(33)35-26-46(39-23-32(27-48)10-15-40(39)51-28-35)25-34-11-14-38(34)41(50-5,16-7-9-30(2)31(3)52(49)43-4)29-45-19-17-44(18-20-45)21-22-47;1-3-2/h7,10,12-13,15-16,22-24,27,30-31,34-35,38,43H,6,8-9,11,14,17-21,25-26,28-29H2,1-5H3;1-2H3/b16-7+;. The van der Waals surface area contributed by atoms with Crippen LogP contribution in [0.15, 0.2) is 48.6 Å². The fraction of sp³-hybridized carbons (Fsp3) is 0.628. The van der Waals surface area contributed by atoms with Crippen molar-refractivity contribution in [2.75, 3.05) is 92.2 Å². The molecule has 1 aliphatic carbocycles. The van der Waals surface area contributed by atoms with Crippen LogP contribution in [0.25, 0.3) is 0 Å². The maximum Gasteiger partial charge on any atom is 0.150 e. The number of piperazine rings is 1. The lowest BCUT2D eigenvalue weighted by molar-refractivity contribution is -0.110. The van der Waals surface area contributed by atoms with Gasteiger partial charge in [0.05, 0.1) is 29.8 Å². The van der Waals surface area contributed by atoms with Gasteiger partial charge in [0.1, 0.15) is 23.9 Å². The topological polar surface area (TPSA) is 101 Å². The highest BCUT2D eigenvalue weighted by atomic mass is 35.5. The molecule has 2 heterocycles. The molecule has 1 saturated carbocycles. The number of methoxy groups -OCH3 is 2. The van der Waals surface area contributed by atoms with Gasteiger partial charge in [-0.1, -0.05) is 50.1 Å². The van der Waals surface area contributed by atoms with E-state index in [0.717, 1.165) is 107 Å². The van der Waals surface area contributed by atoms with E-state index in [0.29, 0.717) is 24.6 Å². The van der Waals surface area contributed by atoms with Gasteiger partial charge in [-0.25, -0.2) is 8.93 Å². The van der Waals surface area contributed by atoms with Crippen LogP contribution in [0.4, 0.5) is 5.69 Å². The first-order valence-electron chi connectivity index (χ1n) is 19.9. The van der Waals surface area contributed by atoms with Crippen molar-refractivity contribution >= 4 is 40.8 Å². The smallest absolute Gasteiger partial charge is 0.150 e. The van der Waals surface area contributed by atoms with Gasteiger partial charge in [0.2, 0.25) is 0 Å². The highest BCUT2D eigenvalue weighted by Crippen LogP contribution is 2.47. The Labute approximate surface area is 337 Å². The first-order valence-corrected chi connectivity index (χ1v) is 21.5. The first kappa shape index (κ1) is 45.1. The maximum absolute atomic E-state index is 12.5. The lowest BCUT2D eigenvalue weighted by atomic mass is 9.63. The molecule has 0 radical (unpaired) electrons. The van der Waals surface area contributed by atoms with Crippen LogP contribution in [-0.4, -0.2) is 125 Å². The Morgan fingerprint density at radius 1 is 1.05 bits per heavy atom. The van der Waals surface area contributed by atoms with Gasteiger partial charge in [-0.3, -0.25) is 14.6 Å². The Kier molecular flexibility index (Phi) is 18.3. The third-order valence-electron chi connectivity index (χ3n) is 11.8. The number of anilines is 1. The second-order valence-corrected chi connectivity index (χ2v) is 17.6. The second kappa shape index (κ2) is 22.3. The number of hydrogen-bond donors (Lipinski definition) is 1. The van der Waals surface area contributed by atoms with Crippen molar-refractivity contribution in [3.05, 3.63) is 70.3 Å². The third-order valence-corrected chi connectivity index (χ3v) is 13.6. The predicted molar refractivity (Wildman–Crippen MR) is 225 cm³/mol. The molecule has 1 N–H and O–H groups in total. The lowest BCUT2D eigenvalue weighted by Gasteiger charge is -2.52. The number of ether oxygens (including phenoxy) is 3. The van der Waals surface area contributed by atoms with Crippen LogP contribution in [0.2, 0.25) is 5.02 Å². The average molecular weight is 802 g/mol. The molecule has 10 nitrogen and oxygen atoms in total. The van der Waals surface area contributed by atoms with E-state index >= 15 is 0 Å². The molecule has 0 aromatic heterocycles. The molecule has 2 aromatic rings. The summed E-state index contributed by atoms with van der Waals surface area (Å²) in [5.74, 6) is 1.79. The van der Waals surface area contributed by atoms with E-state index in [1.54, 1.807) is 21.3 Å². The van der Waals surface area contributed by atoms with Crippen LogP contribution in [0, 0.1) is 17.8 Å². The molecule has 0 amide bonds. The summed E-state index contributed by atoms with van der Waals surface area (Å²) in [6.45, 7) is 13.2. The van der Waals surface area contributed by atoms with E-state index < -0.39 is 16.6 Å². The number of aryl methyl sites for hydroxylation is 1. The first-order chi connectivity index (χ1) is 26.6. The highest BCUT2D eigenvalue weighted by Gasteiger charge is 2.48. The molecule has 306 valence electrons. The van der Waals surface area contributed by atoms with Crippen molar-refractivity contribution in [3.63, 3.8) is 0 Å². The predicted octanol–water partition coefficient (Wildman–Crippen LogP) is 6.43. The molecule has 1 saturated heterocycles. The zero-order chi connectivity index (χ0) is 40.0.